The molecule has 1 aliphatic heterocycles. The van der Waals surface area contributed by atoms with Crippen LogP contribution in [0, 0.1) is 16.0 Å². The number of hydrogen-bond donors (Lipinski definition) is 1. The molecule has 4 rings (SSSR count). The summed E-state index contributed by atoms with van der Waals surface area (Å²) >= 11 is 18.3. The van der Waals surface area contributed by atoms with Crippen LogP contribution in [0.2, 0.25) is 15.1 Å². The third-order valence-corrected chi connectivity index (χ3v) is 5.87. The molecule has 1 N–H and O–H groups in total. The summed E-state index contributed by atoms with van der Waals surface area (Å²) in [5.41, 5.74) is 2.35. The highest BCUT2D eigenvalue weighted by Crippen LogP contribution is 2.53. The molecule has 128 valence electrons. The average Bonchev–Trinajstić information content (AvgIpc) is 3.06. The van der Waals surface area contributed by atoms with E-state index in [0.717, 1.165) is 17.5 Å². The maximum absolute atomic E-state index is 11.5. The number of hydrogen-bond acceptors (Lipinski definition) is 3. The Morgan fingerprint density at radius 2 is 1.92 bits per heavy atom. The van der Waals surface area contributed by atoms with E-state index in [9.17, 15) is 10.1 Å². The van der Waals surface area contributed by atoms with Crippen molar-refractivity contribution in [3.05, 3.63) is 78.8 Å². The van der Waals surface area contributed by atoms with Crippen LogP contribution < -0.4 is 5.32 Å². The summed E-state index contributed by atoms with van der Waals surface area (Å²) in [7, 11) is 0. The Kier molecular flexibility index (Phi) is 4.14. The van der Waals surface area contributed by atoms with Crippen molar-refractivity contribution in [2.24, 2.45) is 5.92 Å². The summed E-state index contributed by atoms with van der Waals surface area (Å²) in [6.07, 6.45) is 5.10. The first-order valence-electron chi connectivity index (χ1n) is 7.81. The lowest BCUT2D eigenvalue weighted by Crippen LogP contribution is -2.29. The minimum Gasteiger partial charge on any atom is -0.372 e. The predicted octanol–water partition coefficient (Wildman–Crippen LogP) is 6.38. The van der Waals surface area contributed by atoms with Crippen LogP contribution in [-0.4, -0.2) is 4.92 Å². The van der Waals surface area contributed by atoms with Gasteiger partial charge in [-0.15, -0.1) is 0 Å². The van der Waals surface area contributed by atoms with Gasteiger partial charge in [0.1, 0.15) is 5.69 Å². The fourth-order valence-electron chi connectivity index (χ4n) is 3.83. The van der Waals surface area contributed by atoms with Crippen molar-refractivity contribution in [1.82, 2.24) is 0 Å². The van der Waals surface area contributed by atoms with Crippen LogP contribution in [0.15, 0.2) is 42.5 Å². The molecule has 7 heteroatoms. The van der Waals surface area contributed by atoms with Crippen molar-refractivity contribution in [2.75, 3.05) is 5.32 Å². The first-order chi connectivity index (χ1) is 12.0. The largest absolute Gasteiger partial charge is 0.372 e. The highest BCUT2D eigenvalue weighted by atomic mass is 35.5. The molecule has 0 spiro atoms. The number of rotatable bonds is 2. The van der Waals surface area contributed by atoms with Crippen molar-refractivity contribution >= 4 is 46.2 Å². The second kappa shape index (κ2) is 6.20. The van der Waals surface area contributed by atoms with Crippen LogP contribution in [0.25, 0.3) is 0 Å². The minimum atomic E-state index is -0.400. The Hall–Kier alpha value is -1.75. The molecule has 0 unspecified atom stereocenters. The summed E-state index contributed by atoms with van der Waals surface area (Å²) in [6.45, 7) is 0. The highest BCUT2D eigenvalue weighted by molar-refractivity contribution is 6.42. The van der Waals surface area contributed by atoms with E-state index in [1.807, 2.05) is 18.2 Å². The van der Waals surface area contributed by atoms with Gasteiger partial charge in [-0.05, 0) is 41.7 Å². The zero-order valence-corrected chi connectivity index (χ0v) is 15.1. The van der Waals surface area contributed by atoms with Crippen LogP contribution in [-0.2, 0) is 0 Å². The van der Waals surface area contributed by atoms with Gasteiger partial charge in [-0.1, -0.05) is 53.0 Å². The molecule has 25 heavy (non-hydrogen) atoms. The van der Waals surface area contributed by atoms with E-state index in [2.05, 4.69) is 17.5 Å². The number of anilines is 1. The number of nitro benzene ring substituents is 1. The second-order valence-electron chi connectivity index (χ2n) is 6.30. The van der Waals surface area contributed by atoms with E-state index < -0.39 is 4.92 Å². The van der Waals surface area contributed by atoms with E-state index >= 15 is 0 Å². The molecule has 4 nitrogen and oxygen atoms in total. The predicted molar refractivity (Wildman–Crippen MR) is 101 cm³/mol. The molecule has 2 aliphatic rings. The molecule has 2 aromatic rings. The van der Waals surface area contributed by atoms with E-state index in [1.165, 1.54) is 6.07 Å². The Labute approximate surface area is 159 Å². The van der Waals surface area contributed by atoms with Gasteiger partial charge in [-0.2, -0.15) is 0 Å². The summed E-state index contributed by atoms with van der Waals surface area (Å²) < 4.78 is 0. The Bertz CT molecular complexity index is 913. The van der Waals surface area contributed by atoms with Crippen LogP contribution >= 0.6 is 34.8 Å². The monoisotopic (exact) mass is 394 g/mol. The zero-order valence-electron chi connectivity index (χ0n) is 12.9. The van der Waals surface area contributed by atoms with Gasteiger partial charge in [0.05, 0.1) is 21.0 Å². The van der Waals surface area contributed by atoms with Crippen LogP contribution in [0.5, 0.6) is 0 Å². The summed E-state index contributed by atoms with van der Waals surface area (Å²) in [5.74, 6) is 0.316. The van der Waals surface area contributed by atoms with Crippen molar-refractivity contribution < 1.29 is 4.92 Å². The number of benzene rings is 2. The second-order valence-corrected chi connectivity index (χ2v) is 7.55. The molecule has 0 aromatic heterocycles. The SMILES string of the molecule is O=[N+]([O-])c1cc(Cl)cc2c1N[C@@H](c1ccc(Cl)c(Cl)c1)[C@H]1CC=C[C@@H]21. The molecule has 0 bridgehead atoms. The molecule has 0 saturated carbocycles. The van der Waals surface area contributed by atoms with Gasteiger partial charge in [-0.3, -0.25) is 10.1 Å². The first kappa shape index (κ1) is 16.7. The Morgan fingerprint density at radius 3 is 2.64 bits per heavy atom. The molecule has 0 amide bonds. The average molecular weight is 396 g/mol. The van der Waals surface area contributed by atoms with Gasteiger partial charge < -0.3 is 5.32 Å². The normalized spacial score (nSPS) is 23.7. The number of nitro groups is 1. The lowest BCUT2D eigenvalue weighted by atomic mass is 9.77. The van der Waals surface area contributed by atoms with Gasteiger partial charge in [0.25, 0.3) is 5.69 Å². The molecule has 2 aromatic carbocycles. The van der Waals surface area contributed by atoms with Crippen LogP contribution in [0.3, 0.4) is 0 Å². The minimum absolute atomic E-state index is 0.00805. The zero-order chi connectivity index (χ0) is 17.7. The quantitative estimate of drug-likeness (QED) is 0.364. The highest BCUT2D eigenvalue weighted by Gasteiger charge is 2.41. The third-order valence-electron chi connectivity index (χ3n) is 4.91. The maximum Gasteiger partial charge on any atom is 0.294 e. The molecular weight excluding hydrogens is 383 g/mol. The molecular formula is C18H13Cl3N2O2. The van der Waals surface area contributed by atoms with Gasteiger partial charge >= 0.3 is 0 Å². The molecule has 0 saturated heterocycles. The lowest BCUT2D eigenvalue weighted by molar-refractivity contribution is -0.384. The molecule has 1 aliphatic carbocycles. The molecule has 3 atom stereocenters. The van der Waals surface area contributed by atoms with E-state index in [0.29, 0.717) is 20.8 Å². The number of nitrogens with one attached hydrogen (secondary N) is 1. The van der Waals surface area contributed by atoms with Gasteiger partial charge in [0, 0.05) is 17.0 Å². The maximum atomic E-state index is 11.5. The Balaban J connectivity index is 1.86. The summed E-state index contributed by atoms with van der Waals surface area (Å²) in [4.78, 5) is 11.1. The van der Waals surface area contributed by atoms with Crippen molar-refractivity contribution in [2.45, 2.75) is 18.4 Å². The van der Waals surface area contributed by atoms with E-state index in [1.54, 1.807) is 6.07 Å². The van der Waals surface area contributed by atoms with E-state index in [-0.39, 0.29) is 23.6 Å². The number of nitrogens with zero attached hydrogens (tertiary/aromatic N) is 1. The van der Waals surface area contributed by atoms with Gasteiger partial charge in [-0.25, -0.2) is 0 Å². The van der Waals surface area contributed by atoms with Crippen LogP contribution in [0.4, 0.5) is 11.4 Å². The van der Waals surface area contributed by atoms with E-state index in [4.69, 9.17) is 34.8 Å². The number of fused-ring (bicyclic) bond motifs is 3. The summed E-state index contributed by atoms with van der Waals surface area (Å²) in [5, 5.41) is 16.2. The standard InChI is InChI=1S/C18H13Cl3N2O2/c19-10-7-13-11-2-1-3-12(11)17(9-4-5-14(20)15(21)6-9)22-18(13)16(8-10)23(24)25/h1-2,4-8,11-12,17,22H,3H2/t11-,12+,17+/m1/s1. The summed E-state index contributed by atoms with van der Waals surface area (Å²) in [6, 6.07) is 8.59. The lowest BCUT2D eigenvalue weighted by Gasteiger charge is -2.37. The molecule has 0 radical (unpaired) electrons. The van der Waals surface area contributed by atoms with Crippen molar-refractivity contribution in [1.29, 1.82) is 0 Å². The third kappa shape index (κ3) is 2.78. The van der Waals surface area contributed by atoms with Gasteiger partial charge in [0.15, 0.2) is 0 Å². The fraction of sp³-hybridized carbons (Fsp3) is 0.222. The Morgan fingerprint density at radius 1 is 1.12 bits per heavy atom. The van der Waals surface area contributed by atoms with Crippen molar-refractivity contribution in [3.8, 4) is 0 Å². The topological polar surface area (TPSA) is 55.2 Å². The fourth-order valence-corrected chi connectivity index (χ4v) is 4.35. The number of allylic oxidation sites excluding steroid dienone is 2. The number of halogens is 3. The van der Waals surface area contributed by atoms with Crippen molar-refractivity contribution in [3.63, 3.8) is 0 Å². The molecule has 1 heterocycles. The smallest absolute Gasteiger partial charge is 0.294 e. The molecule has 0 fully saturated rings. The van der Waals surface area contributed by atoms with Gasteiger partial charge in [0.2, 0.25) is 0 Å². The van der Waals surface area contributed by atoms with Crippen LogP contribution in [0.1, 0.15) is 29.5 Å². The first-order valence-corrected chi connectivity index (χ1v) is 8.95.